The van der Waals surface area contributed by atoms with E-state index in [0.29, 0.717) is 32.1 Å². The number of ether oxygens (including phenoxy) is 1. The number of nitrogens with one attached hydrogen (secondary N) is 3. The molecule has 0 aliphatic carbocycles. The second-order valence-corrected chi connectivity index (χ2v) is 8.39. The highest BCUT2D eigenvalue weighted by Crippen LogP contribution is 2.11. The van der Waals surface area contributed by atoms with Gasteiger partial charge in [0.25, 0.3) is 0 Å². The highest BCUT2D eigenvalue weighted by atomic mass is 32.2. The molecule has 1 unspecified atom stereocenters. The van der Waals surface area contributed by atoms with Crippen molar-refractivity contribution in [2.24, 2.45) is 12.0 Å². The fourth-order valence-electron chi connectivity index (χ4n) is 2.73. The highest BCUT2D eigenvalue weighted by Gasteiger charge is 2.17. The smallest absolute Gasteiger partial charge is 0.213 e. The monoisotopic (exact) mass is 385 g/mol. The lowest BCUT2D eigenvalue weighted by Gasteiger charge is -2.22. The first kappa shape index (κ1) is 20.7. The van der Waals surface area contributed by atoms with Crippen LogP contribution >= 0.6 is 0 Å². The van der Waals surface area contributed by atoms with Gasteiger partial charge in [-0.25, -0.2) is 18.1 Å². The summed E-state index contributed by atoms with van der Waals surface area (Å²) in [6.45, 7) is 4.59. The van der Waals surface area contributed by atoms with Crippen molar-refractivity contribution in [3.63, 3.8) is 0 Å². The Labute approximate surface area is 156 Å². The third kappa shape index (κ3) is 7.76. The van der Waals surface area contributed by atoms with Gasteiger partial charge in [-0.1, -0.05) is 0 Å². The van der Waals surface area contributed by atoms with Gasteiger partial charge in [0, 0.05) is 45.7 Å². The average Bonchev–Trinajstić information content (AvgIpc) is 3.04. The minimum absolute atomic E-state index is 0.00348. The van der Waals surface area contributed by atoms with E-state index >= 15 is 0 Å². The molecule has 1 atom stereocenters. The van der Waals surface area contributed by atoms with Crippen molar-refractivity contribution in [2.75, 3.05) is 32.0 Å². The van der Waals surface area contributed by atoms with Crippen LogP contribution in [0.15, 0.2) is 23.5 Å². The molecule has 2 heterocycles. The number of aromatic nitrogens is 1. The summed E-state index contributed by atoms with van der Waals surface area (Å²) in [5.41, 5.74) is 1.10. The first-order valence-corrected chi connectivity index (χ1v) is 10.9. The average molecular weight is 386 g/mol. The molecule has 0 spiro atoms. The van der Waals surface area contributed by atoms with Gasteiger partial charge in [0.1, 0.15) is 0 Å². The van der Waals surface area contributed by atoms with Crippen LogP contribution in [-0.4, -0.2) is 57.0 Å². The predicted octanol–water partition coefficient (Wildman–Crippen LogP) is 0.569. The van der Waals surface area contributed by atoms with Gasteiger partial charge < -0.3 is 19.9 Å². The molecule has 148 valence electrons. The second-order valence-electron chi connectivity index (χ2n) is 6.46. The number of hydrogen-bond acceptors (Lipinski definition) is 4. The number of aliphatic imine (C=N–C) groups is 1. The van der Waals surface area contributed by atoms with Crippen LogP contribution in [0, 0.1) is 0 Å². The summed E-state index contributed by atoms with van der Waals surface area (Å²) in [6.07, 6.45) is 7.04. The molecule has 1 aliphatic rings. The van der Waals surface area contributed by atoms with Crippen LogP contribution in [0.25, 0.3) is 0 Å². The Morgan fingerprint density at radius 3 is 2.88 bits per heavy atom. The van der Waals surface area contributed by atoms with Gasteiger partial charge in [-0.3, -0.25) is 0 Å². The molecule has 0 amide bonds. The molecule has 1 aromatic heterocycles. The number of rotatable bonds is 9. The maximum Gasteiger partial charge on any atom is 0.213 e. The Hall–Kier alpha value is -1.58. The Morgan fingerprint density at radius 2 is 2.23 bits per heavy atom. The zero-order valence-electron chi connectivity index (χ0n) is 15.7. The summed E-state index contributed by atoms with van der Waals surface area (Å²) < 4.78 is 34.4. The largest absolute Gasteiger partial charge is 0.377 e. The lowest BCUT2D eigenvalue weighted by molar-refractivity contribution is 0.0200. The molecule has 3 N–H and O–H groups in total. The van der Waals surface area contributed by atoms with Gasteiger partial charge in [0.2, 0.25) is 10.0 Å². The number of sulfonamides is 1. The minimum Gasteiger partial charge on any atom is -0.377 e. The van der Waals surface area contributed by atoms with Crippen molar-refractivity contribution >= 4 is 16.0 Å². The minimum atomic E-state index is -3.33. The highest BCUT2D eigenvalue weighted by molar-refractivity contribution is 7.89. The topological polar surface area (TPSA) is 96.8 Å². The van der Waals surface area contributed by atoms with Crippen molar-refractivity contribution in [3.8, 4) is 0 Å². The summed E-state index contributed by atoms with van der Waals surface area (Å²) in [5.74, 6) is 0.609. The Bertz CT molecular complexity index is 666. The normalized spacial score (nSPS) is 18.7. The first-order chi connectivity index (χ1) is 12.5. The molecule has 0 aromatic carbocycles. The molecular weight excluding hydrogens is 354 g/mol. The maximum absolute atomic E-state index is 12.1. The van der Waals surface area contributed by atoms with E-state index < -0.39 is 10.0 Å². The zero-order valence-corrected chi connectivity index (χ0v) is 16.5. The molecular formula is C17H31N5O3S. The summed E-state index contributed by atoms with van der Waals surface area (Å²) in [4.78, 5) is 4.48. The molecule has 1 fully saturated rings. The van der Waals surface area contributed by atoms with Crippen molar-refractivity contribution in [2.45, 2.75) is 38.8 Å². The summed E-state index contributed by atoms with van der Waals surface area (Å²) in [7, 11) is -1.37. The van der Waals surface area contributed by atoms with Crippen LogP contribution in [-0.2, 0) is 28.4 Å². The third-order valence-electron chi connectivity index (χ3n) is 4.13. The van der Waals surface area contributed by atoms with Gasteiger partial charge in [0.15, 0.2) is 5.96 Å². The van der Waals surface area contributed by atoms with Gasteiger partial charge in [-0.2, -0.15) is 0 Å². The number of aryl methyl sites for hydroxylation is 1. The van der Waals surface area contributed by atoms with E-state index in [0.717, 1.165) is 31.4 Å². The van der Waals surface area contributed by atoms with E-state index in [1.807, 2.05) is 37.0 Å². The van der Waals surface area contributed by atoms with Crippen molar-refractivity contribution < 1.29 is 13.2 Å². The second kappa shape index (κ2) is 10.5. The number of nitrogens with zero attached hydrogens (tertiary/aromatic N) is 2. The third-order valence-corrected chi connectivity index (χ3v) is 5.47. The Kier molecular flexibility index (Phi) is 8.40. The molecule has 9 heteroatoms. The lowest BCUT2D eigenvalue weighted by atomic mass is 10.1. The van der Waals surface area contributed by atoms with Crippen LogP contribution in [0.2, 0.25) is 0 Å². The molecule has 8 nitrogen and oxygen atoms in total. The van der Waals surface area contributed by atoms with E-state index in [1.54, 1.807) is 0 Å². The van der Waals surface area contributed by atoms with Crippen molar-refractivity contribution in [1.29, 1.82) is 0 Å². The molecule has 26 heavy (non-hydrogen) atoms. The van der Waals surface area contributed by atoms with Gasteiger partial charge in [-0.05, 0) is 37.8 Å². The quantitative estimate of drug-likeness (QED) is 0.427. The number of guanidine groups is 1. The first-order valence-electron chi connectivity index (χ1n) is 9.20. The van der Waals surface area contributed by atoms with E-state index in [1.165, 1.54) is 0 Å². The standard InChI is InChI=1S/C17H31N5O3S/c1-3-18-17(20-12-15-7-9-22(2)14-15)19-8-11-26(23,24)21-13-16-6-4-5-10-25-16/h7,9,14,16,21H,3-6,8,10-13H2,1-2H3,(H2,18,19,20). The SMILES string of the molecule is CCNC(=NCc1ccn(C)c1)NCCS(=O)(=O)NCC1CCCCO1. The van der Waals surface area contributed by atoms with E-state index in [2.05, 4.69) is 20.3 Å². The molecule has 1 aliphatic heterocycles. The molecule has 0 saturated carbocycles. The van der Waals surface area contributed by atoms with Crippen LogP contribution in [0.5, 0.6) is 0 Å². The molecule has 0 radical (unpaired) electrons. The zero-order chi connectivity index (χ0) is 18.8. The fourth-order valence-corrected chi connectivity index (χ4v) is 3.69. The molecule has 2 rings (SSSR count). The van der Waals surface area contributed by atoms with Crippen LogP contribution in [0.1, 0.15) is 31.7 Å². The van der Waals surface area contributed by atoms with E-state index in [-0.39, 0.29) is 11.9 Å². The number of hydrogen-bond donors (Lipinski definition) is 3. The van der Waals surface area contributed by atoms with E-state index in [9.17, 15) is 8.42 Å². The Morgan fingerprint density at radius 1 is 1.38 bits per heavy atom. The molecule has 1 saturated heterocycles. The van der Waals surface area contributed by atoms with Crippen molar-refractivity contribution in [3.05, 3.63) is 24.0 Å². The van der Waals surface area contributed by atoms with Crippen LogP contribution in [0.4, 0.5) is 0 Å². The van der Waals surface area contributed by atoms with Crippen molar-refractivity contribution in [1.82, 2.24) is 19.9 Å². The molecule has 0 bridgehead atoms. The Balaban J connectivity index is 1.74. The van der Waals surface area contributed by atoms with Gasteiger partial charge in [-0.15, -0.1) is 0 Å². The molecule has 1 aromatic rings. The summed E-state index contributed by atoms with van der Waals surface area (Å²) >= 11 is 0. The lowest BCUT2D eigenvalue weighted by Crippen LogP contribution is -2.42. The van der Waals surface area contributed by atoms with Crippen LogP contribution < -0.4 is 15.4 Å². The summed E-state index contributed by atoms with van der Waals surface area (Å²) in [6, 6.07) is 2.01. The maximum atomic E-state index is 12.1. The van der Waals surface area contributed by atoms with Gasteiger partial charge in [0.05, 0.1) is 18.4 Å². The summed E-state index contributed by atoms with van der Waals surface area (Å²) in [5, 5.41) is 6.20. The predicted molar refractivity (Wildman–Crippen MR) is 104 cm³/mol. The van der Waals surface area contributed by atoms with E-state index in [4.69, 9.17) is 4.74 Å². The van der Waals surface area contributed by atoms with Gasteiger partial charge >= 0.3 is 0 Å². The fraction of sp³-hybridized carbons (Fsp3) is 0.706. The van der Waals surface area contributed by atoms with Crippen LogP contribution in [0.3, 0.4) is 0 Å².